The molecule has 1 aromatic heterocycles. The third kappa shape index (κ3) is 3.22. The maximum atomic E-state index is 9.14. The molecule has 1 atom stereocenters. The lowest BCUT2D eigenvalue weighted by atomic mass is 10.3. The van der Waals surface area contributed by atoms with E-state index in [1.807, 2.05) is 6.92 Å². The molecular weight excluding hydrogens is 218 g/mol. The van der Waals surface area contributed by atoms with E-state index >= 15 is 0 Å². The molecule has 0 aliphatic rings. The molecule has 1 aromatic carbocycles. The number of phenols is 1. The van der Waals surface area contributed by atoms with Gasteiger partial charge in [-0.25, -0.2) is 0 Å². The Labute approximate surface area is 99.4 Å². The third-order valence-corrected chi connectivity index (χ3v) is 2.16. The van der Waals surface area contributed by atoms with Crippen molar-refractivity contribution in [3.05, 3.63) is 36.7 Å². The Bertz CT molecular complexity index is 477. The second-order valence-electron chi connectivity index (χ2n) is 3.97. The SMILES string of the molecule is CC(N)Cn1cc(Oc2ccc(O)cc2)cn1. The minimum atomic E-state index is 0.0522. The Kier molecular flexibility index (Phi) is 3.30. The van der Waals surface area contributed by atoms with Crippen molar-refractivity contribution in [2.45, 2.75) is 19.5 Å². The molecule has 5 heteroatoms. The van der Waals surface area contributed by atoms with Gasteiger partial charge in [0.2, 0.25) is 0 Å². The maximum absolute atomic E-state index is 9.14. The number of rotatable bonds is 4. The summed E-state index contributed by atoms with van der Waals surface area (Å²) in [7, 11) is 0. The summed E-state index contributed by atoms with van der Waals surface area (Å²) in [6.45, 7) is 2.57. The zero-order chi connectivity index (χ0) is 12.3. The molecule has 1 heterocycles. The third-order valence-electron chi connectivity index (χ3n) is 2.16. The van der Waals surface area contributed by atoms with Gasteiger partial charge >= 0.3 is 0 Å². The molecule has 0 saturated carbocycles. The molecule has 90 valence electrons. The van der Waals surface area contributed by atoms with Crippen LogP contribution in [0.5, 0.6) is 17.2 Å². The van der Waals surface area contributed by atoms with Crippen molar-refractivity contribution in [3.63, 3.8) is 0 Å². The van der Waals surface area contributed by atoms with Crippen LogP contribution in [0.4, 0.5) is 0 Å². The summed E-state index contributed by atoms with van der Waals surface area (Å²) in [6, 6.07) is 6.58. The minimum Gasteiger partial charge on any atom is -0.508 e. The Morgan fingerprint density at radius 3 is 2.71 bits per heavy atom. The lowest BCUT2D eigenvalue weighted by Gasteiger charge is -2.04. The van der Waals surface area contributed by atoms with Crippen LogP contribution in [-0.2, 0) is 6.54 Å². The van der Waals surface area contributed by atoms with E-state index in [0.717, 1.165) is 0 Å². The van der Waals surface area contributed by atoms with E-state index in [0.29, 0.717) is 18.0 Å². The molecule has 17 heavy (non-hydrogen) atoms. The van der Waals surface area contributed by atoms with Crippen molar-refractivity contribution in [1.82, 2.24) is 9.78 Å². The van der Waals surface area contributed by atoms with Gasteiger partial charge in [0, 0.05) is 6.04 Å². The predicted octanol–water partition coefficient (Wildman–Crippen LogP) is 1.73. The van der Waals surface area contributed by atoms with Crippen LogP contribution in [0.25, 0.3) is 0 Å². The van der Waals surface area contributed by atoms with Gasteiger partial charge in [0.25, 0.3) is 0 Å². The zero-order valence-electron chi connectivity index (χ0n) is 9.58. The van der Waals surface area contributed by atoms with Gasteiger partial charge < -0.3 is 15.6 Å². The fraction of sp³-hybridized carbons (Fsp3) is 0.250. The Morgan fingerprint density at radius 1 is 1.35 bits per heavy atom. The monoisotopic (exact) mass is 233 g/mol. The van der Waals surface area contributed by atoms with Gasteiger partial charge in [0.15, 0.2) is 5.75 Å². The molecule has 5 nitrogen and oxygen atoms in total. The van der Waals surface area contributed by atoms with Crippen LogP contribution in [0.15, 0.2) is 36.7 Å². The van der Waals surface area contributed by atoms with E-state index in [4.69, 9.17) is 15.6 Å². The maximum Gasteiger partial charge on any atom is 0.165 e. The van der Waals surface area contributed by atoms with Gasteiger partial charge in [0.1, 0.15) is 11.5 Å². The van der Waals surface area contributed by atoms with Crippen LogP contribution in [-0.4, -0.2) is 20.9 Å². The number of aromatic nitrogens is 2. The highest BCUT2D eigenvalue weighted by Crippen LogP contribution is 2.22. The second-order valence-corrected chi connectivity index (χ2v) is 3.97. The molecule has 0 radical (unpaired) electrons. The van der Waals surface area contributed by atoms with Crippen molar-refractivity contribution in [2.24, 2.45) is 5.73 Å². The van der Waals surface area contributed by atoms with Crippen LogP contribution in [0.3, 0.4) is 0 Å². The van der Waals surface area contributed by atoms with Crippen LogP contribution in [0.2, 0.25) is 0 Å². The summed E-state index contributed by atoms with van der Waals surface area (Å²) < 4.78 is 7.30. The molecule has 3 N–H and O–H groups in total. The molecular formula is C12H15N3O2. The first-order valence-corrected chi connectivity index (χ1v) is 5.38. The predicted molar refractivity (Wildman–Crippen MR) is 64.1 cm³/mol. The Hall–Kier alpha value is -2.01. The van der Waals surface area contributed by atoms with Crippen molar-refractivity contribution >= 4 is 0 Å². The first-order chi connectivity index (χ1) is 8.13. The first-order valence-electron chi connectivity index (χ1n) is 5.38. The average molecular weight is 233 g/mol. The van der Waals surface area contributed by atoms with Crippen molar-refractivity contribution in [2.75, 3.05) is 0 Å². The first kappa shape index (κ1) is 11.5. The number of nitrogens with zero attached hydrogens (tertiary/aromatic N) is 2. The van der Waals surface area contributed by atoms with Gasteiger partial charge in [-0.05, 0) is 31.2 Å². The molecule has 0 spiro atoms. The van der Waals surface area contributed by atoms with E-state index in [1.165, 1.54) is 0 Å². The number of benzene rings is 1. The van der Waals surface area contributed by atoms with Crippen LogP contribution < -0.4 is 10.5 Å². The van der Waals surface area contributed by atoms with Gasteiger partial charge in [-0.15, -0.1) is 0 Å². The molecule has 0 aliphatic carbocycles. The molecule has 0 amide bonds. The fourth-order valence-electron chi connectivity index (χ4n) is 1.44. The smallest absolute Gasteiger partial charge is 0.165 e. The summed E-state index contributed by atoms with van der Waals surface area (Å²) in [4.78, 5) is 0. The summed E-state index contributed by atoms with van der Waals surface area (Å²) in [6.07, 6.45) is 3.42. The van der Waals surface area contributed by atoms with Gasteiger partial charge in [-0.2, -0.15) is 5.10 Å². The largest absolute Gasteiger partial charge is 0.508 e. The fourth-order valence-corrected chi connectivity index (χ4v) is 1.44. The van der Waals surface area contributed by atoms with Crippen LogP contribution in [0, 0.1) is 0 Å². The van der Waals surface area contributed by atoms with Gasteiger partial charge in [0.05, 0.1) is 18.9 Å². The average Bonchev–Trinajstić information content (AvgIpc) is 2.68. The quantitative estimate of drug-likeness (QED) is 0.843. The number of aromatic hydroxyl groups is 1. The Balaban J connectivity index is 2.03. The highest BCUT2D eigenvalue weighted by Gasteiger charge is 2.03. The lowest BCUT2D eigenvalue weighted by molar-refractivity contribution is 0.463. The summed E-state index contributed by atoms with van der Waals surface area (Å²) in [5.74, 6) is 1.52. The molecule has 2 aromatic rings. The highest BCUT2D eigenvalue weighted by atomic mass is 16.5. The van der Waals surface area contributed by atoms with E-state index in [9.17, 15) is 0 Å². The number of nitrogens with two attached hydrogens (primary N) is 1. The van der Waals surface area contributed by atoms with E-state index in [-0.39, 0.29) is 11.8 Å². The number of phenolic OH excluding ortho intramolecular Hbond substituents is 1. The number of hydrogen-bond donors (Lipinski definition) is 2. The Morgan fingerprint density at radius 2 is 2.06 bits per heavy atom. The minimum absolute atomic E-state index is 0.0522. The molecule has 0 fully saturated rings. The molecule has 0 aliphatic heterocycles. The normalized spacial score (nSPS) is 12.4. The van der Waals surface area contributed by atoms with Crippen molar-refractivity contribution < 1.29 is 9.84 Å². The lowest BCUT2D eigenvalue weighted by Crippen LogP contribution is -2.22. The van der Waals surface area contributed by atoms with Crippen molar-refractivity contribution in [1.29, 1.82) is 0 Å². The van der Waals surface area contributed by atoms with Crippen LogP contribution in [0.1, 0.15) is 6.92 Å². The summed E-state index contributed by atoms with van der Waals surface area (Å²) in [5.41, 5.74) is 5.67. The van der Waals surface area contributed by atoms with Crippen LogP contribution >= 0.6 is 0 Å². The second kappa shape index (κ2) is 4.88. The summed E-state index contributed by atoms with van der Waals surface area (Å²) >= 11 is 0. The zero-order valence-corrected chi connectivity index (χ0v) is 9.58. The van der Waals surface area contributed by atoms with E-state index in [2.05, 4.69) is 5.10 Å². The number of hydrogen-bond acceptors (Lipinski definition) is 4. The van der Waals surface area contributed by atoms with Crippen molar-refractivity contribution in [3.8, 4) is 17.2 Å². The molecule has 2 rings (SSSR count). The van der Waals surface area contributed by atoms with E-state index < -0.39 is 0 Å². The highest BCUT2D eigenvalue weighted by molar-refractivity contribution is 5.33. The summed E-state index contributed by atoms with van der Waals surface area (Å²) in [5, 5.41) is 13.3. The molecule has 0 bridgehead atoms. The molecule has 1 unspecified atom stereocenters. The number of ether oxygens (including phenoxy) is 1. The van der Waals surface area contributed by atoms with Gasteiger partial charge in [-0.1, -0.05) is 0 Å². The standard InChI is InChI=1S/C12H15N3O2/c1-9(13)7-15-8-12(6-14-15)17-11-4-2-10(16)3-5-11/h2-6,8-9,16H,7,13H2,1H3. The molecule has 0 saturated heterocycles. The van der Waals surface area contributed by atoms with Gasteiger partial charge in [-0.3, -0.25) is 4.68 Å². The topological polar surface area (TPSA) is 73.3 Å². The van der Waals surface area contributed by atoms with E-state index in [1.54, 1.807) is 41.3 Å².